The molecule has 0 unspecified atom stereocenters. The lowest BCUT2D eigenvalue weighted by Crippen LogP contribution is -2.29. The quantitative estimate of drug-likeness (QED) is 0.796. The third-order valence-corrected chi connectivity index (χ3v) is 3.82. The molecule has 0 atom stereocenters. The van der Waals surface area contributed by atoms with Crippen molar-refractivity contribution in [2.45, 2.75) is 13.5 Å². The van der Waals surface area contributed by atoms with Gasteiger partial charge in [0.05, 0.1) is 17.8 Å². The molecule has 3 rings (SSSR count). The molecule has 0 aliphatic carbocycles. The van der Waals surface area contributed by atoms with Gasteiger partial charge < -0.3 is 4.90 Å². The number of carbonyl (C=O) groups excluding carboxylic acids is 2. The highest BCUT2D eigenvalue weighted by atomic mass is 35.5. The molecule has 0 spiro atoms. The molecule has 1 aliphatic rings. The van der Waals surface area contributed by atoms with Crippen LogP contribution in [0.2, 0.25) is 5.02 Å². The van der Waals surface area contributed by atoms with Gasteiger partial charge in [-0.15, -0.1) is 0 Å². The van der Waals surface area contributed by atoms with E-state index >= 15 is 0 Å². The average molecular weight is 304 g/mol. The van der Waals surface area contributed by atoms with Gasteiger partial charge in [-0.1, -0.05) is 29.3 Å². The van der Waals surface area contributed by atoms with Crippen LogP contribution < -0.4 is 4.90 Å². The van der Waals surface area contributed by atoms with Gasteiger partial charge in [0.2, 0.25) is 0 Å². The Labute approximate surface area is 125 Å². The van der Waals surface area contributed by atoms with Crippen LogP contribution in [0, 0.1) is 12.7 Å². The molecular weight excluding hydrogens is 293 g/mol. The summed E-state index contributed by atoms with van der Waals surface area (Å²) in [6.07, 6.45) is 0. The molecule has 0 fully saturated rings. The molecule has 5 heteroatoms. The van der Waals surface area contributed by atoms with Crippen LogP contribution in [-0.2, 0) is 11.3 Å². The Morgan fingerprint density at radius 3 is 2.62 bits per heavy atom. The summed E-state index contributed by atoms with van der Waals surface area (Å²) in [6.45, 7) is 2.00. The van der Waals surface area contributed by atoms with E-state index in [-0.39, 0.29) is 11.6 Å². The van der Waals surface area contributed by atoms with E-state index in [4.69, 9.17) is 11.6 Å². The molecule has 21 heavy (non-hydrogen) atoms. The first-order chi connectivity index (χ1) is 9.97. The van der Waals surface area contributed by atoms with Crippen LogP contribution in [0.5, 0.6) is 0 Å². The SMILES string of the molecule is Cc1ccc2c(c1)C(=O)C(=O)N2Cc1ccc(F)cc1Cl. The summed E-state index contributed by atoms with van der Waals surface area (Å²) < 4.78 is 13.1. The Morgan fingerprint density at radius 1 is 1.14 bits per heavy atom. The number of halogens is 2. The zero-order valence-electron chi connectivity index (χ0n) is 11.2. The third kappa shape index (κ3) is 2.32. The second-order valence-electron chi connectivity index (χ2n) is 4.98. The van der Waals surface area contributed by atoms with E-state index in [9.17, 15) is 14.0 Å². The molecule has 0 saturated heterocycles. The molecule has 0 saturated carbocycles. The Hall–Kier alpha value is -2.20. The molecular formula is C16H11ClFNO2. The number of fused-ring (bicyclic) bond motifs is 1. The van der Waals surface area contributed by atoms with Gasteiger partial charge >= 0.3 is 0 Å². The number of nitrogens with zero attached hydrogens (tertiary/aromatic N) is 1. The molecule has 106 valence electrons. The number of carbonyl (C=O) groups is 2. The number of anilines is 1. The Kier molecular flexibility index (Phi) is 3.26. The number of hydrogen-bond donors (Lipinski definition) is 0. The van der Waals surface area contributed by atoms with Crippen LogP contribution in [0.3, 0.4) is 0 Å². The van der Waals surface area contributed by atoms with Gasteiger partial charge in [-0.3, -0.25) is 9.59 Å². The Bertz CT molecular complexity index is 773. The number of amides is 1. The number of aryl methyl sites for hydroxylation is 1. The van der Waals surface area contributed by atoms with Crippen molar-refractivity contribution in [3.8, 4) is 0 Å². The number of rotatable bonds is 2. The lowest BCUT2D eigenvalue weighted by Gasteiger charge is -2.17. The topological polar surface area (TPSA) is 37.4 Å². The van der Waals surface area contributed by atoms with Crippen LogP contribution in [0.4, 0.5) is 10.1 Å². The van der Waals surface area contributed by atoms with Crippen LogP contribution in [0.1, 0.15) is 21.5 Å². The molecule has 1 heterocycles. The minimum absolute atomic E-state index is 0.139. The fraction of sp³-hybridized carbons (Fsp3) is 0.125. The lowest BCUT2D eigenvalue weighted by atomic mass is 10.1. The molecule has 0 aromatic heterocycles. The van der Waals surface area contributed by atoms with E-state index in [2.05, 4.69) is 0 Å². The summed E-state index contributed by atoms with van der Waals surface area (Å²) in [7, 11) is 0. The first kappa shape index (κ1) is 13.8. The summed E-state index contributed by atoms with van der Waals surface area (Å²) in [5.41, 5.74) is 2.47. The summed E-state index contributed by atoms with van der Waals surface area (Å²) >= 11 is 5.98. The van der Waals surface area contributed by atoms with Gasteiger partial charge in [0.1, 0.15) is 5.82 Å². The minimum atomic E-state index is -0.587. The molecule has 1 aliphatic heterocycles. The van der Waals surface area contributed by atoms with Crippen molar-refractivity contribution in [2.75, 3.05) is 4.90 Å². The zero-order valence-corrected chi connectivity index (χ0v) is 11.9. The van der Waals surface area contributed by atoms with E-state index in [1.807, 2.05) is 13.0 Å². The Morgan fingerprint density at radius 2 is 1.90 bits per heavy atom. The second kappa shape index (κ2) is 4.97. The van der Waals surface area contributed by atoms with Crippen molar-refractivity contribution in [1.29, 1.82) is 0 Å². The number of Topliss-reactive ketones (excluding diaryl/α,β-unsaturated/α-hetero) is 1. The summed E-state index contributed by atoms with van der Waals surface area (Å²) in [4.78, 5) is 25.5. The van der Waals surface area contributed by atoms with Gasteiger partial charge in [-0.05, 0) is 36.8 Å². The van der Waals surface area contributed by atoms with Crippen LogP contribution in [-0.4, -0.2) is 11.7 Å². The first-order valence-electron chi connectivity index (χ1n) is 6.38. The fourth-order valence-corrected chi connectivity index (χ4v) is 2.62. The smallest absolute Gasteiger partial charge is 0.299 e. The molecule has 0 bridgehead atoms. The fourth-order valence-electron chi connectivity index (χ4n) is 2.39. The molecule has 2 aromatic carbocycles. The van der Waals surface area contributed by atoms with Gasteiger partial charge in [0, 0.05) is 5.02 Å². The van der Waals surface area contributed by atoms with Crippen molar-refractivity contribution in [3.63, 3.8) is 0 Å². The summed E-state index contributed by atoms with van der Waals surface area (Å²) in [5.74, 6) is -1.55. The van der Waals surface area contributed by atoms with Gasteiger partial charge in [0.15, 0.2) is 0 Å². The number of hydrogen-bond acceptors (Lipinski definition) is 2. The normalized spacial score (nSPS) is 13.8. The predicted molar refractivity (Wildman–Crippen MR) is 78.1 cm³/mol. The molecule has 3 nitrogen and oxygen atoms in total. The molecule has 0 radical (unpaired) electrons. The van der Waals surface area contributed by atoms with Crippen molar-refractivity contribution >= 4 is 29.0 Å². The lowest BCUT2D eigenvalue weighted by molar-refractivity contribution is -0.114. The maximum Gasteiger partial charge on any atom is 0.299 e. The standard InChI is InChI=1S/C16H11ClFNO2/c1-9-2-5-14-12(6-9)15(20)16(21)19(14)8-10-3-4-11(18)7-13(10)17/h2-7H,8H2,1H3. The van der Waals surface area contributed by atoms with Crippen molar-refractivity contribution < 1.29 is 14.0 Å². The highest BCUT2D eigenvalue weighted by molar-refractivity contribution is 6.52. The minimum Gasteiger partial charge on any atom is -0.300 e. The summed E-state index contributed by atoms with van der Waals surface area (Å²) in [5, 5.41) is 0.232. The van der Waals surface area contributed by atoms with E-state index in [1.165, 1.54) is 23.1 Å². The highest BCUT2D eigenvalue weighted by Gasteiger charge is 2.35. The first-order valence-corrected chi connectivity index (χ1v) is 6.76. The highest BCUT2D eigenvalue weighted by Crippen LogP contribution is 2.32. The van der Waals surface area contributed by atoms with Crippen LogP contribution >= 0.6 is 11.6 Å². The molecule has 0 N–H and O–H groups in total. The van der Waals surface area contributed by atoms with Gasteiger partial charge in [-0.25, -0.2) is 4.39 Å². The van der Waals surface area contributed by atoms with E-state index < -0.39 is 17.5 Å². The monoisotopic (exact) mass is 303 g/mol. The number of benzene rings is 2. The Balaban J connectivity index is 2.00. The number of ketones is 1. The van der Waals surface area contributed by atoms with Crippen molar-refractivity contribution in [2.24, 2.45) is 0 Å². The molecule has 2 aromatic rings. The average Bonchev–Trinajstić information content (AvgIpc) is 2.66. The maximum absolute atomic E-state index is 13.1. The van der Waals surface area contributed by atoms with E-state index in [0.29, 0.717) is 16.8 Å². The predicted octanol–water partition coefficient (Wildman–Crippen LogP) is 3.52. The van der Waals surface area contributed by atoms with Gasteiger partial charge in [0.25, 0.3) is 11.7 Å². The third-order valence-electron chi connectivity index (χ3n) is 3.47. The van der Waals surface area contributed by atoms with Crippen molar-refractivity contribution in [1.82, 2.24) is 0 Å². The molecule has 1 amide bonds. The van der Waals surface area contributed by atoms with E-state index in [1.54, 1.807) is 12.1 Å². The van der Waals surface area contributed by atoms with Gasteiger partial charge in [-0.2, -0.15) is 0 Å². The van der Waals surface area contributed by atoms with Crippen molar-refractivity contribution in [3.05, 3.63) is 63.9 Å². The van der Waals surface area contributed by atoms with Crippen LogP contribution in [0.25, 0.3) is 0 Å². The second-order valence-corrected chi connectivity index (χ2v) is 5.38. The largest absolute Gasteiger partial charge is 0.300 e. The maximum atomic E-state index is 13.1. The zero-order chi connectivity index (χ0) is 15.1. The van der Waals surface area contributed by atoms with E-state index in [0.717, 1.165) is 5.56 Å². The van der Waals surface area contributed by atoms with Crippen LogP contribution in [0.15, 0.2) is 36.4 Å². The summed E-state index contributed by atoms with van der Waals surface area (Å²) in [6, 6.07) is 9.26.